The van der Waals surface area contributed by atoms with Gasteiger partial charge in [0.25, 0.3) is 0 Å². The summed E-state index contributed by atoms with van der Waals surface area (Å²) in [6.07, 6.45) is -0.729. The first-order chi connectivity index (χ1) is 12.7. The number of Topliss-reactive ketones (excluding diaryl/α,β-unsaturated/α-hetero) is 1. The fraction of sp³-hybridized carbons (Fsp3) is 0.474. The molecule has 2 saturated heterocycles. The maximum Gasteiger partial charge on any atom is 0.248 e. The summed E-state index contributed by atoms with van der Waals surface area (Å²) in [7, 11) is 0. The van der Waals surface area contributed by atoms with Gasteiger partial charge in [0.05, 0.1) is 24.7 Å². The van der Waals surface area contributed by atoms with Crippen molar-refractivity contribution in [3.05, 3.63) is 29.3 Å². The second-order valence-corrected chi connectivity index (χ2v) is 7.58. The number of nitrogens with one attached hydrogen (secondary N) is 1. The van der Waals surface area contributed by atoms with Gasteiger partial charge < -0.3 is 15.4 Å². The Morgan fingerprint density at radius 1 is 1.30 bits per heavy atom. The number of fused-ring (bicyclic) bond motifs is 4. The monoisotopic (exact) mass is 371 g/mol. The summed E-state index contributed by atoms with van der Waals surface area (Å²) in [5, 5.41) is 2.33. The molecule has 3 aliphatic heterocycles. The van der Waals surface area contributed by atoms with Crippen molar-refractivity contribution in [3.63, 3.8) is 0 Å². The van der Waals surface area contributed by atoms with Crippen LogP contribution in [0.1, 0.15) is 36.2 Å². The van der Waals surface area contributed by atoms with Gasteiger partial charge in [0.15, 0.2) is 5.78 Å². The Hall–Kier alpha value is -2.74. The van der Waals surface area contributed by atoms with Crippen LogP contribution < -0.4 is 16.0 Å². The molecule has 8 heteroatoms. The summed E-state index contributed by atoms with van der Waals surface area (Å²) in [6.45, 7) is 4.26. The first kappa shape index (κ1) is 17.7. The molecular weight excluding hydrogens is 350 g/mol. The van der Waals surface area contributed by atoms with E-state index in [2.05, 4.69) is 5.32 Å². The summed E-state index contributed by atoms with van der Waals surface area (Å²) in [4.78, 5) is 51.4. The number of nitrogens with zero attached hydrogens (tertiary/aromatic N) is 1. The van der Waals surface area contributed by atoms with Crippen molar-refractivity contribution in [1.29, 1.82) is 0 Å². The summed E-state index contributed by atoms with van der Waals surface area (Å²) in [6, 6.07) is 4.56. The summed E-state index contributed by atoms with van der Waals surface area (Å²) in [5.74, 6) is -2.17. The number of rotatable bonds is 1. The Kier molecular flexibility index (Phi) is 3.85. The number of morpholine rings is 1. The molecule has 27 heavy (non-hydrogen) atoms. The van der Waals surface area contributed by atoms with Crippen molar-refractivity contribution in [2.24, 2.45) is 11.1 Å². The van der Waals surface area contributed by atoms with Gasteiger partial charge in [0.2, 0.25) is 17.7 Å². The Bertz CT molecular complexity index is 860. The molecule has 3 aliphatic rings. The fourth-order valence-electron chi connectivity index (χ4n) is 4.80. The van der Waals surface area contributed by atoms with Gasteiger partial charge >= 0.3 is 0 Å². The van der Waals surface area contributed by atoms with E-state index in [9.17, 15) is 19.2 Å². The van der Waals surface area contributed by atoms with E-state index in [1.165, 1.54) is 0 Å². The molecule has 3 heterocycles. The molecule has 4 rings (SSSR count). The lowest BCUT2D eigenvalue weighted by atomic mass is 9.63. The molecule has 142 valence electrons. The highest BCUT2D eigenvalue weighted by Gasteiger charge is 2.62. The number of piperidine rings is 1. The predicted molar refractivity (Wildman–Crippen MR) is 95.0 cm³/mol. The van der Waals surface area contributed by atoms with Crippen LogP contribution in [-0.4, -0.2) is 48.3 Å². The number of hydrogen-bond acceptors (Lipinski definition) is 6. The maximum atomic E-state index is 13.0. The number of carbonyl (C=O) groups is 4. The molecule has 1 aromatic carbocycles. The first-order valence-electron chi connectivity index (χ1n) is 8.96. The molecule has 0 aliphatic carbocycles. The van der Waals surface area contributed by atoms with Gasteiger partial charge in [-0.2, -0.15) is 0 Å². The molecule has 3 N–H and O–H groups in total. The van der Waals surface area contributed by atoms with Gasteiger partial charge in [-0.05, 0) is 44.0 Å². The summed E-state index contributed by atoms with van der Waals surface area (Å²) in [5.41, 5.74) is 5.84. The molecule has 0 bridgehead atoms. The lowest BCUT2D eigenvalue weighted by Gasteiger charge is -2.55. The van der Waals surface area contributed by atoms with E-state index in [1.54, 1.807) is 18.2 Å². The van der Waals surface area contributed by atoms with Crippen LogP contribution in [0.2, 0.25) is 0 Å². The van der Waals surface area contributed by atoms with E-state index in [0.29, 0.717) is 17.7 Å². The van der Waals surface area contributed by atoms with Crippen LogP contribution >= 0.6 is 0 Å². The van der Waals surface area contributed by atoms with Crippen LogP contribution in [0.4, 0.5) is 5.69 Å². The first-order valence-corrected chi connectivity index (χ1v) is 8.96. The van der Waals surface area contributed by atoms with E-state index in [4.69, 9.17) is 10.5 Å². The molecule has 3 amide bonds. The lowest BCUT2D eigenvalue weighted by Crippen LogP contribution is -2.72. The van der Waals surface area contributed by atoms with Gasteiger partial charge in [0, 0.05) is 17.8 Å². The Labute approximate surface area is 156 Å². The van der Waals surface area contributed by atoms with E-state index >= 15 is 0 Å². The number of primary amides is 1. The van der Waals surface area contributed by atoms with Crippen molar-refractivity contribution in [3.8, 4) is 0 Å². The second kappa shape index (κ2) is 5.88. The molecule has 8 nitrogen and oxygen atoms in total. The maximum absolute atomic E-state index is 13.0. The highest BCUT2D eigenvalue weighted by molar-refractivity contribution is 6.22. The third kappa shape index (κ3) is 2.47. The number of amides is 3. The predicted octanol–water partition coefficient (Wildman–Crippen LogP) is -0.0742. The van der Waals surface area contributed by atoms with Crippen LogP contribution in [0.5, 0.6) is 0 Å². The molecule has 0 aromatic heterocycles. The largest absolute Gasteiger partial charge is 0.372 e. The third-order valence-corrected chi connectivity index (χ3v) is 5.81. The van der Waals surface area contributed by atoms with Gasteiger partial charge in [0.1, 0.15) is 5.41 Å². The minimum Gasteiger partial charge on any atom is -0.372 e. The number of ketones is 1. The van der Waals surface area contributed by atoms with E-state index in [-0.39, 0.29) is 25.0 Å². The highest BCUT2D eigenvalue weighted by Crippen LogP contribution is 2.47. The number of imide groups is 1. The number of ether oxygens (including phenoxy) is 1. The Morgan fingerprint density at radius 2 is 2.04 bits per heavy atom. The lowest BCUT2D eigenvalue weighted by molar-refractivity contribution is -0.158. The van der Waals surface area contributed by atoms with Crippen molar-refractivity contribution >= 4 is 29.2 Å². The minimum atomic E-state index is -1.43. The van der Waals surface area contributed by atoms with E-state index < -0.39 is 35.0 Å². The summed E-state index contributed by atoms with van der Waals surface area (Å²) >= 11 is 0. The zero-order chi connectivity index (χ0) is 19.5. The fourth-order valence-corrected chi connectivity index (χ4v) is 4.80. The van der Waals surface area contributed by atoms with Gasteiger partial charge in [-0.25, -0.2) is 0 Å². The third-order valence-electron chi connectivity index (χ3n) is 5.81. The zero-order valence-electron chi connectivity index (χ0n) is 15.2. The van der Waals surface area contributed by atoms with Gasteiger partial charge in [-0.3, -0.25) is 24.5 Å². The van der Waals surface area contributed by atoms with Crippen molar-refractivity contribution in [2.75, 3.05) is 11.4 Å². The molecule has 0 saturated carbocycles. The van der Waals surface area contributed by atoms with Crippen molar-refractivity contribution in [2.45, 2.75) is 44.9 Å². The van der Waals surface area contributed by atoms with Gasteiger partial charge in [-0.15, -0.1) is 0 Å². The number of hydrogen-bond donors (Lipinski definition) is 2. The quantitative estimate of drug-likeness (QED) is 0.527. The second-order valence-electron chi connectivity index (χ2n) is 7.58. The molecule has 1 aromatic rings. The van der Waals surface area contributed by atoms with Crippen molar-refractivity contribution in [1.82, 2.24) is 5.32 Å². The van der Waals surface area contributed by atoms with Crippen LogP contribution in [0.25, 0.3) is 0 Å². The number of benzene rings is 1. The molecule has 0 unspecified atom stereocenters. The normalized spacial score (nSPS) is 32.7. The highest BCUT2D eigenvalue weighted by atomic mass is 16.5. The standard InChI is InChI=1S/C19H21N3O5/c1-9-8-22-13-4-3-11(17(20)25)5-12(13)7-19(16(22)10(2)27-9)14(23)6-15(24)21-18(19)26/h3-5,9-10,16H,6-8H2,1-2H3,(H2,20,25)(H,21,24,26)/t9-,10+,16-,19-/m1/s1. The minimum absolute atomic E-state index is 0.0987. The average Bonchev–Trinajstić information content (AvgIpc) is 2.58. The van der Waals surface area contributed by atoms with Crippen LogP contribution in [0, 0.1) is 5.41 Å². The SMILES string of the molecule is C[C@@H]1CN2c3ccc(C(N)=O)cc3C[C@@]3(C(=O)CC(=O)NC3=O)[C@H]2[C@H](C)O1. The van der Waals surface area contributed by atoms with Gasteiger partial charge in [-0.1, -0.05) is 0 Å². The van der Waals surface area contributed by atoms with E-state index in [1.807, 2.05) is 18.7 Å². The molecule has 4 atom stereocenters. The number of anilines is 1. The smallest absolute Gasteiger partial charge is 0.248 e. The average molecular weight is 371 g/mol. The summed E-state index contributed by atoms with van der Waals surface area (Å²) < 4.78 is 5.95. The van der Waals surface area contributed by atoms with Crippen LogP contribution in [-0.2, 0) is 25.5 Å². The Balaban J connectivity index is 1.92. The topological polar surface area (TPSA) is 119 Å². The number of nitrogens with two attached hydrogens (primary N) is 1. The zero-order valence-corrected chi connectivity index (χ0v) is 15.2. The Morgan fingerprint density at radius 3 is 2.70 bits per heavy atom. The molecule has 0 radical (unpaired) electrons. The van der Waals surface area contributed by atoms with Crippen LogP contribution in [0.15, 0.2) is 18.2 Å². The van der Waals surface area contributed by atoms with Crippen LogP contribution in [0.3, 0.4) is 0 Å². The number of carbonyl (C=O) groups excluding carboxylic acids is 4. The molecule has 2 fully saturated rings. The van der Waals surface area contributed by atoms with Crippen molar-refractivity contribution < 1.29 is 23.9 Å². The molecular formula is C19H21N3O5. The van der Waals surface area contributed by atoms with E-state index in [0.717, 1.165) is 5.69 Å². The molecule has 1 spiro atoms.